The molecule has 136 valence electrons. The third-order valence-corrected chi connectivity index (χ3v) is 5.64. The van der Waals surface area contributed by atoms with Crippen LogP contribution in [0.4, 0.5) is 11.4 Å². The van der Waals surface area contributed by atoms with Crippen LogP contribution >= 0.6 is 11.8 Å². The Morgan fingerprint density at radius 3 is 2.23 bits per heavy atom. The van der Waals surface area contributed by atoms with Crippen LogP contribution in [0.15, 0.2) is 47.4 Å². The van der Waals surface area contributed by atoms with Gasteiger partial charge in [-0.1, -0.05) is 6.07 Å². The van der Waals surface area contributed by atoms with Crippen molar-refractivity contribution in [3.8, 4) is 0 Å². The maximum Gasteiger partial charge on any atom is 0.237 e. The molecule has 1 aliphatic carbocycles. The van der Waals surface area contributed by atoms with Gasteiger partial charge in [0.25, 0.3) is 0 Å². The molecule has 5 heteroatoms. The van der Waals surface area contributed by atoms with Gasteiger partial charge in [-0.3, -0.25) is 9.59 Å². The van der Waals surface area contributed by atoms with E-state index in [4.69, 9.17) is 0 Å². The van der Waals surface area contributed by atoms with Crippen molar-refractivity contribution in [1.29, 1.82) is 0 Å². The minimum atomic E-state index is -0.219. The van der Waals surface area contributed by atoms with E-state index in [0.29, 0.717) is 0 Å². The fourth-order valence-electron chi connectivity index (χ4n) is 2.53. The van der Waals surface area contributed by atoms with E-state index in [1.807, 2.05) is 56.3 Å². The highest BCUT2D eigenvalue weighted by Gasteiger charge is 2.29. The van der Waals surface area contributed by atoms with E-state index >= 15 is 0 Å². The molecule has 0 aromatic heterocycles. The number of aryl methyl sites for hydroxylation is 2. The fraction of sp³-hybridized carbons (Fsp3) is 0.333. The molecule has 0 radical (unpaired) electrons. The summed E-state index contributed by atoms with van der Waals surface area (Å²) in [6.07, 6.45) is 1.99. The standard InChI is InChI=1S/C21H24N2O2S/c1-13-4-7-18(12-14(13)2)23-20(24)15(3)26-19-10-8-17(9-11-19)22-21(25)16-5-6-16/h4,7-12,15-16H,5-6H2,1-3H3,(H,22,25)(H,23,24). The predicted molar refractivity (Wildman–Crippen MR) is 108 cm³/mol. The van der Waals surface area contributed by atoms with E-state index in [1.54, 1.807) is 0 Å². The monoisotopic (exact) mass is 368 g/mol. The number of rotatable bonds is 6. The second-order valence-electron chi connectivity index (χ2n) is 6.84. The van der Waals surface area contributed by atoms with Crippen molar-refractivity contribution in [2.24, 2.45) is 5.92 Å². The van der Waals surface area contributed by atoms with Gasteiger partial charge in [0.1, 0.15) is 0 Å². The first-order valence-electron chi connectivity index (χ1n) is 8.88. The summed E-state index contributed by atoms with van der Waals surface area (Å²) in [5.74, 6) is 0.272. The number of amides is 2. The van der Waals surface area contributed by atoms with Gasteiger partial charge in [-0.05, 0) is 81.1 Å². The second-order valence-corrected chi connectivity index (χ2v) is 8.25. The molecule has 1 fully saturated rings. The molecule has 1 aliphatic rings. The average Bonchev–Trinajstić information content (AvgIpc) is 3.45. The highest BCUT2D eigenvalue weighted by atomic mass is 32.2. The Morgan fingerprint density at radius 2 is 1.62 bits per heavy atom. The molecule has 3 rings (SSSR count). The molecular formula is C21H24N2O2S. The Bertz CT molecular complexity index is 813. The maximum absolute atomic E-state index is 12.4. The second kappa shape index (κ2) is 7.96. The van der Waals surface area contributed by atoms with Gasteiger partial charge in [0, 0.05) is 22.2 Å². The van der Waals surface area contributed by atoms with E-state index in [9.17, 15) is 9.59 Å². The zero-order valence-electron chi connectivity index (χ0n) is 15.3. The number of hydrogen-bond donors (Lipinski definition) is 2. The van der Waals surface area contributed by atoms with Crippen LogP contribution in [0.3, 0.4) is 0 Å². The van der Waals surface area contributed by atoms with Crippen molar-refractivity contribution in [2.45, 2.75) is 43.8 Å². The number of carbonyl (C=O) groups excluding carboxylic acids is 2. The van der Waals surface area contributed by atoms with Crippen LogP contribution in [0.5, 0.6) is 0 Å². The fourth-order valence-corrected chi connectivity index (χ4v) is 3.39. The average molecular weight is 369 g/mol. The molecule has 2 aromatic carbocycles. The molecular weight excluding hydrogens is 344 g/mol. The van der Waals surface area contributed by atoms with Crippen LogP contribution in [-0.4, -0.2) is 17.1 Å². The molecule has 4 nitrogen and oxygen atoms in total. The zero-order valence-corrected chi connectivity index (χ0v) is 16.2. The van der Waals surface area contributed by atoms with Gasteiger partial charge < -0.3 is 10.6 Å². The molecule has 2 aromatic rings. The van der Waals surface area contributed by atoms with Crippen LogP contribution in [0.1, 0.15) is 30.9 Å². The van der Waals surface area contributed by atoms with Crippen molar-refractivity contribution in [2.75, 3.05) is 10.6 Å². The summed E-state index contributed by atoms with van der Waals surface area (Å²) in [6.45, 7) is 5.98. The number of anilines is 2. The summed E-state index contributed by atoms with van der Waals surface area (Å²) in [7, 11) is 0. The van der Waals surface area contributed by atoms with Gasteiger partial charge in [-0.15, -0.1) is 11.8 Å². The van der Waals surface area contributed by atoms with Gasteiger partial charge in [-0.25, -0.2) is 0 Å². The molecule has 1 saturated carbocycles. The third kappa shape index (κ3) is 4.88. The van der Waals surface area contributed by atoms with Gasteiger partial charge in [0.15, 0.2) is 0 Å². The molecule has 26 heavy (non-hydrogen) atoms. The molecule has 1 atom stereocenters. The van der Waals surface area contributed by atoms with Crippen molar-refractivity contribution < 1.29 is 9.59 Å². The minimum Gasteiger partial charge on any atom is -0.326 e. The summed E-state index contributed by atoms with van der Waals surface area (Å²) < 4.78 is 0. The molecule has 2 amide bonds. The maximum atomic E-state index is 12.4. The van der Waals surface area contributed by atoms with Crippen LogP contribution < -0.4 is 10.6 Å². The number of nitrogens with one attached hydrogen (secondary N) is 2. The lowest BCUT2D eigenvalue weighted by Gasteiger charge is -2.13. The zero-order chi connectivity index (χ0) is 18.7. The molecule has 2 N–H and O–H groups in total. The van der Waals surface area contributed by atoms with Crippen LogP contribution in [-0.2, 0) is 9.59 Å². The van der Waals surface area contributed by atoms with E-state index in [1.165, 1.54) is 17.3 Å². The van der Waals surface area contributed by atoms with Crippen molar-refractivity contribution in [1.82, 2.24) is 0 Å². The smallest absolute Gasteiger partial charge is 0.237 e. The van der Waals surface area contributed by atoms with Crippen molar-refractivity contribution in [3.63, 3.8) is 0 Å². The Balaban J connectivity index is 1.54. The van der Waals surface area contributed by atoms with E-state index in [2.05, 4.69) is 17.6 Å². The van der Waals surface area contributed by atoms with Crippen LogP contribution in [0, 0.1) is 19.8 Å². The van der Waals surface area contributed by atoms with Crippen LogP contribution in [0.25, 0.3) is 0 Å². The minimum absolute atomic E-state index is 0.0237. The highest BCUT2D eigenvalue weighted by molar-refractivity contribution is 8.00. The quantitative estimate of drug-likeness (QED) is 0.722. The summed E-state index contributed by atoms with van der Waals surface area (Å²) >= 11 is 1.50. The van der Waals surface area contributed by atoms with Gasteiger partial charge in [0.2, 0.25) is 11.8 Å². The first-order chi connectivity index (χ1) is 12.4. The van der Waals surface area contributed by atoms with E-state index in [0.717, 1.165) is 34.7 Å². The normalized spacial score (nSPS) is 14.6. The molecule has 0 bridgehead atoms. The first-order valence-corrected chi connectivity index (χ1v) is 9.76. The Morgan fingerprint density at radius 1 is 0.962 bits per heavy atom. The molecule has 0 aliphatic heterocycles. The molecule has 0 heterocycles. The van der Waals surface area contributed by atoms with E-state index < -0.39 is 0 Å². The third-order valence-electron chi connectivity index (χ3n) is 4.53. The number of carbonyl (C=O) groups is 2. The lowest BCUT2D eigenvalue weighted by molar-refractivity contribution is -0.117. The van der Waals surface area contributed by atoms with Crippen molar-refractivity contribution >= 4 is 35.0 Å². The number of thioether (sulfide) groups is 1. The summed E-state index contributed by atoms with van der Waals surface area (Å²) in [5.41, 5.74) is 3.99. The largest absolute Gasteiger partial charge is 0.326 e. The topological polar surface area (TPSA) is 58.2 Å². The molecule has 0 spiro atoms. The van der Waals surface area contributed by atoms with Gasteiger partial charge >= 0.3 is 0 Å². The number of hydrogen-bond acceptors (Lipinski definition) is 3. The van der Waals surface area contributed by atoms with Crippen molar-refractivity contribution in [3.05, 3.63) is 53.6 Å². The number of benzene rings is 2. The van der Waals surface area contributed by atoms with Crippen LogP contribution in [0.2, 0.25) is 0 Å². The summed E-state index contributed by atoms with van der Waals surface area (Å²) in [5, 5.41) is 5.67. The lowest BCUT2D eigenvalue weighted by Crippen LogP contribution is -2.22. The summed E-state index contributed by atoms with van der Waals surface area (Å²) in [6, 6.07) is 13.6. The SMILES string of the molecule is Cc1ccc(NC(=O)C(C)Sc2ccc(NC(=O)C3CC3)cc2)cc1C. The summed E-state index contributed by atoms with van der Waals surface area (Å²) in [4.78, 5) is 25.2. The Labute approximate surface area is 158 Å². The molecule has 1 unspecified atom stereocenters. The Kier molecular flexibility index (Phi) is 5.67. The van der Waals surface area contributed by atoms with Gasteiger partial charge in [-0.2, -0.15) is 0 Å². The van der Waals surface area contributed by atoms with Gasteiger partial charge in [0.05, 0.1) is 5.25 Å². The van der Waals surface area contributed by atoms with E-state index in [-0.39, 0.29) is 23.0 Å². The highest BCUT2D eigenvalue weighted by Crippen LogP contribution is 2.31. The lowest BCUT2D eigenvalue weighted by atomic mass is 10.1. The predicted octanol–water partition coefficient (Wildman–Crippen LogP) is 4.77. The first kappa shape index (κ1) is 18.5. The Hall–Kier alpha value is -2.27. The molecule has 0 saturated heterocycles.